The van der Waals surface area contributed by atoms with Gasteiger partial charge in [0.1, 0.15) is 11.9 Å². The largest absolute Gasteiger partial charge is 0.486 e. The highest BCUT2D eigenvalue weighted by atomic mass is 16.5. The molecule has 0 saturated heterocycles. The molecule has 2 heteroatoms. The predicted octanol–water partition coefficient (Wildman–Crippen LogP) is 13.5. The number of hydrogen-bond acceptors (Lipinski definition) is 2. The van der Waals surface area contributed by atoms with Gasteiger partial charge in [-0.05, 0) is 151 Å². The fourth-order valence-corrected chi connectivity index (χ4v) is 15.5. The quantitative estimate of drug-likeness (QED) is 0.286. The van der Waals surface area contributed by atoms with E-state index in [1.54, 1.807) is 50.3 Å². The van der Waals surface area contributed by atoms with Crippen LogP contribution in [0.25, 0.3) is 5.57 Å². The molecule has 0 saturated carbocycles. The van der Waals surface area contributed by atoms with Crippen LogP contribution in [0.1, 0.15) is 107 Å². The van der Waals surface area contributed by atoms with Crippen LogP contribution >= 0.6 is 0 Å². The van der Waals surface area contributed by atoms with Crippen LogP contribution in [0.4, 0.5) is 0 Å². The van der Waals surface area contributed by atoms with E-state index in [1.165, 1.54) is 42.6 Å². The lowest BCUT2D eigenvalue weighted by Gasteiger charge is -2.50. The van der Waals surface area contributed by atoms with E-state index in [4.69, 9.17) is 4.74 Å². The minimum atomic E-state index is 0.0300. The highest BCUT2D eigenvalue weighted by molar-refractivity contribution is 5.78. The number of benzene rings is 2. The second-order valence-electron chi connectivity index (χ2n) is 20.5. The molecule has 10 atom stereocenters. The Morgan fingerprint density at radius 3 is 2.57 bits per heavy atom. The molecule has 11 aliphatic rings. The summed E-state index contributed by atoms with van der Waals surface area (Å²) in [6.45, 7) is 5.09. The van der Waals surface area contributed by atoms with Gasteiger partial charge in [-0.15, -0.1) is 0 Å². The van der Waals surface area contributed by atoms with Gasteiger partial charge in [0, 0.05) is 34.9 Å². The topological polar surface area (TPSA) is 12.5 Å². The van der Waals surface area contributed by atoms with Crippen molar-refractivity contribution in [1.82, 2.24) is 4.90 Å². The van der Waals surface area contributed by atoms with E-state index in [1.807, 2.05) is 0 Å². The highest BCUT2D eigenvalue weighted by Crippen LogP contribution is 2.72. The third-order valence-corrected chi connectivity index (χ3v) is 17.8. The van der Waals surface area contributed by atoms with Gasteiger partial charge < -0.3 is 9.64 Å². The van der Waals surface area contributed by atoms with Crippen LogP contribution in [0.5, 0.6) is 0 Å². The SMILES string of the molecule is CC1(C)c2ccccc2C2CC=C(N(C3C=CC4=C(C3)C3(C5=C(C=CCC5)C5=CCCCC53)C3C=C(c5ccccc5)C=CC43)C3CC=CC4OC5=C(CCC=C5)C43)CC21. The molecule has 0 radical (unpaired) electrons. The fraction of sp³-hybridized carbons (Fsp3) is 0.414. The van der Waals surface area contributed by atoms with Gasteiger partial charge in [0.05, 0.1) is 6.04 Å². The molecule has 0 N–H and O–H groups in total. The molecule has 0 bridgehead atoms. The zero-order valence-electron chi connectivity index (χ0n) is 35.5. The number of rotatable bonds is 4. The van der Waals surface area contributed by atoms with E-state index in [9.17, 15) is 0 Å². The molecule has 302 valence electrons. The first-order chi connectivity index (χ1) is 29.5. The summed E-state index contributed by atoms with van der Waals surface area (Å²) in [5, 5.41) is 0. The molecule has 2 aromatic rings. The van der Waals surface area contributed by atoms with Gasteiger partial charge in [-0.1, -0.05) is 146 Å². The number of ether oxygens (including phenoxy) is 1. The molecule has 10 unspecified atom stereocenters. The van der Waals surface area contributed by atoms with Crippen molar-refractivity contribution < 1.29 is 4.74 Å². The van der Waals surface area contributed by atoms with Crippen LogP contribution in [0, 0.1) is 35.0 Å². The van der Waals surface area contributed by atoms with Crippen molar-refractivity contribution in [2.45, 2.75) is 114 Å². The predicted molar refractivity (Wildman–Crippen MR) is 245 cm³/mol. The number of nitrogens with zero attached hydrogens (tertiary/aromatic N) is 1. The van der Waals surface area contributed by atoms with Gasteiger partial charge in [0.25, 0.3) is 0 Å². The van der Waals surface area contributed by atoms with Crippen LogP contribution in [-0.4, -0.2) is 23.1 Å². The van der Waals surface area contributed by atoms with Gasteiger partial charge in [0.15, 0.2) is 0 Å². The summed E-state index contributed by atoms with van der Waals surface area (Å²) in [7, 11) is 0. The molecule has 1 spiro atoms. The third-order valence-electron chi connectivity index (χ3n) is 17.8. The Bertz CT molecular complexity index is 2540. The van der Waals surface area contributed by atoms with Gasteiger partial charge in [-0.25, -0.2) is 0 Å². The van der Waals surface area contributed by atoms with Crippen molar-refractivity contribution in [3.05, 3.63) is 195 Å². The van der Waals surface area contributed by atoms with Crippen molar-refractivity contribution in [3.63, 3.8) is 0 Å². The monoisotopic (exact) mass is 785 g/mol. The van der Waals surface area contributed by atoms with Gasteiger partial charge in [-0.2, -0.15) is 0 Å². The maximum Gasteiger partial charge on any atom is 0.125 e. The molecule has 2 aromatic carbocycles. The average molecular weight is 786 g/mol. The van der Waals surface area contributed by atoms with E-state index in [0.717, 1.165) is 44.9 Å². The normalized spacial score (nSPS) is 37.0. The van der Waals surface area contributed by atoms with Crippen molar-refractivity contribution in [2.24, 2.45) is 35.0 Å². The number of hydrogen-bond donors (Lipinski definition) is 0. The van der Waals surface area contributed by atoms with Crippen molar-refractivity contribution in [3.8, 4) is 0 Å². The van der Waals surface area contributed by atoms with Crippen molar-refractivity contribution in [2.75, 3.05) is 0 Å². The summed E-state index contributed by atoms with van der Waals surface area (Å²) in [4.78, 5) is 3.05. The van der Waals surface area contributed by atoms with E-state index in [2.05, 4.69) is 152 Å². The zero-order valence-corrected chi connectivity index (χ0v) is 35.5. The van der Waals surface area contributed by atoms with Crippen LogP contribution < -0.4 is 0 Å². The summed E-state index contributed by atoms with van der Waals surface area (Å²) in [6, 6.07) is 21.3. The van der Waals surface area contributed by atoms with Gasteiger partial charge >= 0.3 is 0 Å². The van der Waals surface area contributed by atoms with Gasteiger partial charge in [0.2, 0.25) is 0 Å². The lowest BCUT2D eigenvalue weighted by Crippen LogP contribution is -2.51. The third kappa shape index (κ3) is 4.88. The molecule has 1 heterocycles. The lowest BCUT2D eigenvalue weighted by atomic mass is 9.57. The Kier molecular flexibility index (Phi) is 7.98. The van der Waals surface area contributed by atoms with E-state index in [0.29, 0.717) is 47.6 Å². The Morgan fingerprint density at radius 2 is 1.63 bits per heavy atom. The Morgan fingerprint density at radius 1 is 0.767 bits per heavy atom. The first-order valence-electron chi connectivity index (χ1n) is 23.8. The van der Waals surface area contributed by atoms with E-state index < -0.39 is 0 Å². The van der Waals surface area contributed by atoms with E-state index >= 15 is 0 Å². The summed E-state index contributed by atoms with van der Waals surface area (Å²) in [5.74, 6) is 4.16. The number of allylic oxidation sites excluding steroid dienone is 16. The first kappa shape index (κ1) is 35.9. The van der Waals surface area contributed by atoms with Crippen LogP contribution in [0.2, 0.25) is 0 Å². The summed E-state index contributed by atoms with van der Waals surface area (Å²) < 4.78 is 6.84. The fourth-order valence-electron chi connectivity index (χ4n) is 15.5. The molecular weight excluding hydrogens is 727 g/mol. The lowest BCUT2D eigenvalue weighted by molar-refractivity contribution is 0.0765. The standard InChI is InChI=1S/C58H59NO/c1-57(2)47-21-10-6-17-40(47)43-31-28-38(34-50(43)57)59(53-24-14-26-55-56(53)46-20-9-13-25-54(46)60-55)39-29-32-45-44-30-27-37(36-15-4-3-5-16-36)33-51(44)58(52(45)35-39)48-22-11-7-18-41(48)42-19-8-12-23-49(42)58/h3-7,10,13-19,21,25-30,32-33,39,43-44,49-51,53,55-56H,8-9,11-12,20,22-24,31,34-35H2,1-2H3. The number of fused-ring (bicyclic) bond motifs is 13. The Labute approximate surface area is 357 Å². The highest BCUT2D eigenvalue weighted by Gasteiger charge is 2.63. The van der Waals surface area contributed by atoms with Crippen LogP contribution in [-0.2, 0) is 10.2 Å². The molecule has 60 heavy (non-hydrogen) atoms. The average Bonchev–Trinajstić information content (AvgIpc) is 3.99. The first-order valence-corrected chi connectivity index (χ1v) is 23.8. The molecule has 0 fully saturated rings. The Balaban J connectivity index is 0.958. The smallest absolute Gasteiger partial charge is 0.125 e. The second-order valence-corrected chi connectivity index (χ2v) is 20.5. The molecule has 0 amide bonds. The van der Waals surface area contributed by atoms with Crippen LogP contribution in [0.3, 0.4) is 0 Å². The maximum atomic E-state index is 6.84. The second kappa shape index (κ2) is 13.3. The summed E-state index contributed by atoms with van der Waals surface area (Å²) in [6.07, 6.45) is 46.2. The Hall–Kier alpha value is -4.82. The molecule has 2 nitrogen and oxygen atoms in total. The van der Waals surface area contributed by atoms with E-state index in [-0.39, 0.29) is 16.9 Å². The molecule has 1 aliphatic heterocycles. The maximum absolute atomic E-state index is 6.84. The molecular formula is C58H59NO. The van der Waals surface area contributed by atoms with Crippen molar-refractivity contribution >= 4 is 5.57 Å². The molecule has 0 aromatic heterocycles. The zero-order chi connectivity index (χ0) is 39.7. The van der Waals surface area contributed by atoms with Crippen LogP contribution in [0.15, 0.2) is 178 Å². The van der Waals surface area contributed by atoms with Gasteiger partial charge in [-0.3, -0.25) is 0 Å². The minimum absolute atomic E-state index is 0.0300. The summed E-state index contributed by atoms with van der Waals surface area (Å²) >= 11 is 0. The summed E-state index contributed by atoms with van der Waals surface area (Å²) in [5.41, 5.74) is 17.8. The minimum Gasteiger partial charge on any atom is -0.486 e. The molecule has 13 rings (SSSR count). The molecule has 10 aliphatic carbocycles. The van der Waals surface area contributed by atoms with Crippen molar-refractivity contribution in [1.29, 1.82) is 0 Å².